The third kappa shape index (κ3) is 6.20. The number of hydrogen-bond acceptors (Lipinski definition) is 7. The first-order valence-corrected chi connectivity index (χ1v) is 11.7. The summed E-state index contributed by atoms with van der Waals surface area (Å²) in [5.74, 6) is 0.225. The molecule has 10 nitrogen and oxygen atoms in total. The van der Waals surface area contributed by atoms with Gasteiger partial charge >= 0.3 is 0 Å². The van der Waals surface area contributed by atoms with Crippen molar-refractivity contribution in [2.75, 3.05) is 27.4 Å². The van der Waals surface area contributed by atoms with Gasteiger partial charge in [0.05, 0.1) is 31.6 Å². The van der Waals surface area contributed by atoms with Gasteiger partial charge in [0.25, 0.3) is 11.5 Å². The van der Waals surface area contributed by atoms with Crippen LogP contribution in [0.3, 0.4) is 0 Å². The molecule has 0 spiro atoms. The summed E-state index contributed by atoms with van der Waals surface area (Å²) in [7, 11) is 2.94. The second-order valence-corrected chi connectivity index (χ2v) is 7.73. The Bertz CT molecular complexity index is 1540. The highest BCUT2D eigenvalue weighted by Gasteiger charge is 2.15. The Morgan fingerprint density at radius 2 is 2.05 bits per heavy atom. The maximum absolute atomic E-state index is 13.2. The molecule has 0 unspecified atom stereocenters. The number of pyridine rings is 2. The first-order chi connectivity index (χ1) is 18.0. The zero-order valence-electron chi connectivity index (χ0n) is 21.1. The fourth-order valence-corrected chi connectivity index (χ4v) is 3.75. The van der Waals surface area contributed by atoms with Crippen LogP contribution in [0.5, 0.6) is 0 Å². The van der Waals surface area contributed by atoms with Crippen molar-refractivity contribution in [1.29, 1.82) is 5.26 Å². The number of carbonyl (C=O) groups excluding carboxylic acids is 1. The topological polar surface area (TPSA) is 120 Å². The van der Waals surface area contributed by atoms with Crippen LogP contribution in [0, 0.1) is 11.3 Å². The van der Waals surface area contributed by atoms with Crippen LogP contribution in [0.25, 0.3) is 16.7 Å². The normalized spacial score (nSPS) is 12.5. The first kappa shape index (κ1) is 27.1. The Labute approximate surface area is 214 Å². The van der Waals surface area contributed by atoms with Gasteiger partial charge in [-0.05, 0) is 43.7 Å². The molecule has 37 heavy (non-hydrogen) atoms. The molecule has 192 valence electrons. The minimum Gasteiger partial charge on any atom is -0.493 e. The molecule has 3 aromatic rings. The van der Waals surface area contributed by atoms with Gasteiger partial charge in [0.2, 0.25) is 0 Å². The van der Waals surface area contributed by atoms with Gasteiger partial charge in [-0.3, -0.25) is 14.0 Å². The number of rotatable bonds is 11. The number of amides is 1. The lowest BCUT2D eigenvalue weighted by Gasteiger charge is -2.13. The highest BCUT2D eigenvalue weighted by Crippen LogP contribution is 2.14. The minimum atomic E-state index is -0.518. The predicted octanol–water partition coefficient (Wildman–Crippen LogP) is 3.01. The Hall–Kier alpha value is -4.49. The third-order valence-electron chi connectivity index (χ3n) is 5.43. The maximum Gasteiger partial charge on any atom is 0.267 e. The molecular weight excluding hydrogens is 474 g/mol. The molecule has 10 heteroatoms. The lowest BCUT2D eigenvalue weighted by Crippen LogP contribution is -2.30. The van der Waals surface area contributed by atoms with Crippen LogP contribution < -0.4 is 11.0 Å². The van der Waals surface area contributed by atoms with E-state index in [1.165, 1.54) is 36.8 Å². The molecule has 0 N–H and O–H groups in total. The third-order valence-corrected chi connectivity index (χ3v) is 5.43. The van der Waals surface area contributed by atoms with E-state index in [9.17, 15) is 14.9 Å². The van der Waals surface area contributed by atoms with Crippen molar-refractivity contribution in [1.82, 2.24) is 14.0 Å². The molecule has 0 saturated carbocycles. The van der Waals surface area contributed by atoms with Gasteiger partial charge in [-0.2, -0.15) is 10.3 Å². The van der Waals surface area contributed by atoms with Crippen LogP contribution in [0.1, 0.15) is 25.3 Å². The number of aryl methyl sites for hydroxylation is 1. The SMILES string of the molecule is C=C/C=C(OC)/C(=C/CC(=O)N=c1c(C#N)cc2c(=O)n3ccccc3nc2n1CCCOCC)OC. The number of ether oxygens (including phenoxy) is 3. The molecule has 3 rings (SSSR count). The summed E-state index contributed by atoms with van der Waals surface area (Å²) in [6.07, 6.45) is 6.75. The van der Waals surface area contributed by atoms with E-state index < -0.39 is 5.91 Å². The summed E-state index contributed by atoms with van der Waals surface area (Å²) in [6.45, 7) is 6.88. The Morgan fingerprint density at radius 3 is 2.73 bits per heavy atom. The van der Waals surface area contributed by atoms with Gasteiger partial charge in [-0.1, -0.05) is 18.7 Å². The molecule has 0 fully saturated rings. The van der Waals surface area contributed by atoms with Crippen molar-refractivity contribution in [2.24, 2.45) is 4.99 Å². The smallest absolute Gasteiger partial charge is 0.267 e. The number of nitriles is 1. The van der Waals surface area contributed by atoms with E-state index in [0.717, 1.165) is 0 Å². The zero-order valence-corrected chi connectivity index (χ0v) is 21.1. The van der Waals surface area contributed by atoms with E-state index in [0.29, 0.717) is 49.0 Å². The highest BCUT2D eigenvalue weighted by atomic mass is 16.5. The van der Waals surface area contributed by atoms with Crippen molar-refractivity contribution in [3.05, 3.63) is 88.2 Å². The number of hydrogen-bond donors (Lipinski definition) is 0. The van der Waals surface area contributed by atoms with E-state index >= 15 is 0 Å². The summed E-state index contributed by atoms with van der Waals surface area (Å²) in [4.78, 5) is 35.1. The zero-order chi connectivity index (χ0) is 26.8. The van der Waals surface area contributed by atoms with Gasteiger partial charge in [-0.15, -0.1) is 0 Å². The van der Waals surface area contributed by atoms with Crippen LogP contribution in [-0.2, 0) is 25.5 Å². The molecule has 0 radical (unpaired) electrons. The number of carbonyl (C=O) groups is 1. The van der Waals surface area contributed by atoms with E-state index in [4.69, 9.17) is 14.2 Å². The lowest BCUT2D eigenvalue weighted by molar-refractivity contribution is -0.117. The number of methoxy groups -OCH3 is 2. The van der Waals surface area contributed by atoms with Crippen molar-refractivity contribution in [2.45, 2.75) is 26.3 Å². The standard InChI is InChI=1S/C27H29N5O5/c1-5-10-21(35-3)22(36-4)12-13-24(33)30-25-19(18-28)17-20-26(32(25)15-9-16-37-6-2)29-23-11-7-8-14-31(23)27(20)34/h5,7-8,10-12,14,17H,1,6,9,13,15-16H2,2-4H3/b21-10-,22-12-,30-25?. The average molecular weight is 504 g/mol. The molecule has 0 aliphatic carbocycles. The summed E-state index contributed by atoms with van der Waals surface area (Å²) in [5.41, 5.74) is 0.676. The van der Waals surface area contributed by atoms with Gasteiger partial charge in [0.15, 0.2) is 17.0 Å². The molecule has 0 aliphatic rings. The van der Waals surface area contributed by atoms with Crippen LogP contribution in [-0.4, -0.2) is 47.3 Å². The summed E-state index contributed by atoms with van der Waals surface area (Å²) in [5, 5.41) is 10.1. The molecule has 3 aromatic heterocycles. The van der Waals surface area contributed by atoms with E-state index in [-0.39, 0.29) is 28.4 Å². The van der Waals surface area contributed by atoms with Gasteiger partial charge in [0, 0.05) is 26.0 Å². The highest BCUT2D eigenvalue weighted by molar-refractivity contribution is 5.80. The molecule has 1 amide bonds. The Balaban J connectivity index is 2.19. The van der Waals surface area contributed by atoms with Crippen LogP contribution in [0.4, 0.5) is 0 Å². The molecular formula is C27H29N5O5. The number of nitrogens with zero attached hydrogens (tertiary/aromatic N) is 5. The second-order valence-electron chi connectivity index (χ2n) is 7.73. The van der Waals surface area contributed by atoms with Crippen molar-refractivity contribution in [3.8, 4) is 6.07 Å². The summed E-state index contributed by atoms with van der Waals surface area (Å²) >= 11 is 0. The summed E-state index contributed by atoms with van der Waals surface area (Å²) in [6, 6.07) is 8.73. The molecule has 0 atom stereocenters. The fourth-order valence-electron chi connectivity index (χ4n) is 3.75. The van der Waals surface area contributed by atoms with Crippen LogP contribution >= 0.6 is 0 Å². The minimum absolute atomic E-state index is 0.0899. The largest absolute Gasteiger partial charge is 0.493 e. The van der Waals surface area contributed by atoms with Crippen molar-refractivity contribution >= 4 is 22.6 Å². The average Bonchev–Trinajstić information content (AvgIpc) is 2.91. The first-order valence-electron chi connectivity index (χ1n) is 11.7. The molecule has 0 aliphatic heterocycles. The Kier molecular flexibility index (Phi) is 9.52. The molecule has 0 saturated heterocycles. The summed E-state index contributed by atoms with van der Waals surface area (Å²) < 4.78 is 19.1. The lowest BCUT2D eigenvalue weighted by atomic mass is 10.2. The fraction of sp³-hybridized carbons (Fsp3) is 0.296. The second kappa shape index (κ2) is 13.0. The maximum atomic E-state index is 13.2. The van der Waals surface area contributed by atoms with E-state index in [2.05, 4.69) is 22.6 Å². The molecule has 0 bridgehead atoms. The van der Waals surface area contributed by atoms with Gasteiger partial charge in [-0.25, -0.2) is 4.98 Å². The van der Waals surface area contributed by atoms with Gasteiger partial charge < -0.3 is 18.8 Å². The van der Waals surface area contributed by atoms with E-state index in [1.807, 2.05) is 6.92 Å². The molecule has 0 aromatic carbocycles. The van der Waals surface area contributed by atoms with E-state index in [1.54, 1.807) is 35.0 Å². The van der Waals surface area contributed by atoms with Crippen LogP contribution in [0.2, 0.25) is 0 Å². The van der Waals surface area contributed by atoms with Gasteiger partial charge in [0.1, 0.15) is 17.4 Å². The van der Waals surface area contributed by atoms with Crippen molar-refractivity contribution in [3.63, 3.8) is 0 Å². The monoisotopic (exact) mass is 503 g/mol. The Morgan fingerprint density at radius 1 is 1.27 bits per heavy atom. The molecule has 3 heterocycles. The number of fused-ring (bicyclic) bond motifs is 2. The van der Waals surface area contributed by atoms with Crippen LogP contribution in [0.15, 0.2) is 76.6 Å². The number of aromatic nitrogens is 3. The van der Waals surface area contributed by atoms with Crippen molar-refractivity contribution < 1.29 is 19.0 Å². The predicted molar refractivity (Wildman–Crippen MR) is 138 cm³/mol. The number of allylic oxidation sites excluding steroid dienone is 2. The quantitative estimate of drug-likeness (QED) is 0.171.